The molecule has 0 atom stereocenters. The second-order valence-electron chi connectivity index (χ2n) is 5.56. The lowest BCUT2D eigenvalue weighted by atomic mass is 10.0. The van der Waals surface area contributed by atoms with Gasteiger partial charge in [0.2, 0.25) is 0 Å². The van der Waals surface area contributed by atoms with Gasteiger partial charge in [-0.25, -0.2) is 0 Å². The third-order valence-corrected chi connectivity index (χ3v) is 4.04. The number of hydrogen-bond acceptors (Lipinski definition) is 2. The Labute approximate surface area is 107 Å². The van der Waals surface area contributed by atoms with Gasteiger partial charge in [0.05, 0.1) is 5.60 Å². The average Bonchev–Trinajstić information content (AvgIpc) is 2.82. The molecule has 0 bridgehead atoms. The fraction of sp³-hybridized carbons (Fsp3) is 1.00. The molecule has 0 unspecified atom stereocenters. The van der Waals surface area contributed by atoms with Crippen LogP contribution >= 0.6 is 0 Å². The molecule has 0 heterocycles. The molecule has 0 aliphatic heterocycles. The van der Waals surface area contributed by atoms with E-state index in [1.807, 2.05) is 0 Å². The van der Waals surface area contributed by atoms with Crippen LogP contribution in [0.3, 0.4) is 0 Å². The summed E-state index contributed by atoms with van der Waals surface area (Å²) in [7, 11) is 0. The lowest BCUT2D eigenvalue weighted by Gasteiger charge is -2.27. The van der Waals surface area contributed by atoms with Crippen molar-refractivity contribution in [2.24, 2.45) is 5.73 Å². The third kappa shape index (κ3) is 5.87. The first kappa shape index (κ1) is 15.0. The predicted octanol–water partition coefficient (Wildman–Crippen LogP) is 4.03. The van der Waals surface area contributed by atoms with E-state index in [0.29, 0.717) is 6.54 Å². The Morgan fingerprint density at radius 3 is 2.12 bits per heavy atom. The van der Waals surface area contributed by atoms with Crippen LogP contribution in [0.5, 0.6) is 0 Å². The minimum atomic E-state index is 0.0577. The Kier molecular flexibility index (Phi) is 7.87. The summed E-state index contributed by atoms with van der Waals surface area (Å²) in [4.78, 5) is 0. The van der Waals surface area contributed by atoms with Gasteiger partial charge in [-0.05, 0) is 19.3 Å². The molecule has 2 N–H and O–H groups in total. The molecule has 0 radical (unpaired) electrons. The number of hydrogen-bond donors (Lipinski definition) is 1. The summed E-state index contributed by atoms with van der Waals surface area (Å²) in [5.74, 6) is 0. The highest BCUT2D eigenvalue weighted by atomic mass is 16.5. The summed E-state index contributed by atoms with van der Waals surface area (Å²) in [5, 5.41) is 0. The van der Waals surface area contributed by atoms with Gasteiger partial charge in [-0.2, -0.15) is 0 Å². The van der Waals surface area contributed by atoms with Crippen LogP contribution in [0, 0.1) is 0 Å². The van der Waals surface area contributed by atoms with Gasteiger partial charge in [0.25, 0.3) is 0 Å². The topological polar surface area (TPSA) is 35.2 Å². The summed E-state index contributed by atoms with van der Waals surface area (Å²) in [6, 6.07) is 0. The van der Waals surface area contributed by atoms with Crippen LogP contribution < -0.4 is 5.73 Å². The van der Waals surface area contributed by atoms with Crippen molar-refractivity contribution in [3.8, 4) is 0 Å². The Morgan fingerprint density at radius 2 is 1.53 bits per heavy atom. The molecule has 1 rings (SSSR count). The molecule has 17 heavy (non-hydrogen) atoms. The largest absolute Gasteiger partial charge is 0.374 e. The van der Waals surface area contributed by atoms with E-state index in [4.69, 9.17) is 10.5 Å². The van der Waals surface area contributed by atoms with E-state index in [2.05, 4.69) is 6.92 Å². The minimum Gasteiger partial charge on any atom is -0.374 e. The molecular weight excluding hydrogens is 210 g/mol. The standard InChI is InChI=1S/C15H31NO/c1-2-3-4-5-6-7-10-13-17-15(14-16)11-8-9-12-15/h2-14,16H2,1H3. The quantitative estimate of drug-likeness (QED) is 0.586. The molecule has 0 saturated heterocycles. The summed E-state index contributed by atoms with van der Waals surface area (Å²) in [6.07, 6.45) is 14.4. The molecule has 1 aliphatic carbocycles. The third-order valence-electron chi connectivity index (χ3n) is 4.04. The zero-order chi connectivity index (χ0) is 12.4. The van der Waals surface area contributed by atoms with E-state index in [9.17, 15) is 0 Å². The molecule has 2 heteroatoms. The lowest BCUT2D eigenvalue weighted by Crippen LogP contribution is -2.38. The van der Waals surface area contributed by atoms with Crippen molar-refractivity contribution in [2.45, 2.75) is 83.2 Å². The highest BCUT2D eigenvalue weighted by molar-refractivity contribution is 4.87. The SMILES string of the molecule is CCCCCCCCCOC1(CN)CCCC1. The molecule has 1 aliphatic rings. The van der Waals surface area contributed by atoms with E-state index < -0.39 is 0 Å². The van der Waals surface area contributed by atoms with Gasteiger partial charge in [-0.1, -0.05) is 58.3 Å². The zero-order valence-corrected chi connectivity index (χ0v) is 11.7. The Hall–Kier alpha value is -0.0800. The van der Waals surface area contributed by atoms with Crippen LogP contribution in [0.2, 0.25) is 0 Å². The van der Waals surface area contributed by atoms with Crippen LogP contribution in [0.1, 0.15) is 77.6 Å². The maximum atomic E-state index is 6.04. The van der Waals surface area contributed by atoms with Gasteiger partial charge in [-0.15, -0.1) is 0 Å². The van der Waals surface area contributed by atoms with E-state index in [0.717, 1.165) is 6.61 Å². The highest BCUT2D eigenvalue weighted by Gasteiger charge is 2.32. The van der Waals surface area contributed by atoms with E-state index in [1.165, 1.54) is 70.6 Å². The molecule has 0 aromatic heterocycles. The van der Waals surface area contributed by atoms with Gasteiger partial charge in [0.1, 0.15) is 0 Å². The molecule has 1 saturated carbocycles. The van der Waals surface area contributed by atoms with Crippen molar-refractivity contribution in [3.05, 3.63) is 0 Å². The van der Waals surface area contributed by atoms with Crippen LogP contribution in [-0.4, -0.2) is 18.8 Å². The van der Waals surface area contributed by atoms with Crippen molar-refractivity contribution in [1.82, 2.24) is 0 Å². The van der Waals surface area contributed by atoms with Crippen molar-refractivity contribution in [2.75, 3.05) is 13.2 Å². The van der Waals surface area contributed by atoms with Gasteiger partial charge in [0.15, 0.2) is 0 Å². The average molecular weight is 241 g/mol. The number of unbranched alkanes of at least 4 members (excludes halogenated alkanes) is 6. The van der Waals surface area contributed by atoms with Crippen LogP contribution in [-0.2, 0) is 4.74 Å². The van der Waals surface area contributed by atoms with Gasteiger partial charge in [0, 0.05) is 13.2 Å². The molecule has 0 aromatic carbocycles. The second kappa shape index (κ2) is 8.93. The van der Waals surface area contributed by atoms with Crippen molar-refractivity contribution in [1.29, 1.82) is 0 Å². The van der Waals surface area contributed by atoms with Crippen molar-refractivity contribution < 1.29 is 4.74 Å². The van der Waals surface area contributed by atoms with Crippen LogP contribution in [0.25, 0.3) is 0 Å². The van der Waals surface area contributed by atoms with Crippen LogP contribution in [0.15, 0.2) is 0 Å². The van der Waals surface area contributed by atoms with E-state index in [1.54, 1.807) is 0 Å². The monoisotopic (exact) mass is 241 g/mol. The second-order valence-corrected chi connectivity index (χ2v) is 5.56. The van der Waals surface area contributed by atoms with Gasteiger partial charge < -0.3 is 10.5 Å². The maximum absolute atomic E-state index is 6.04. The zero-order valence-electron chi connectivity index (χ0n) is 11.7. The Balaban J connectivity index is 1.92. The molecule has 2 nitrogen and oxygen atoms in total. The summed E-state index contributed by atoms with van der Waals surface area (Å²) in [5.41, 5.74) is 5.90. The maximum Gasteiger partial charge on any atom is 0.0804 e. The summed E-state index contributed by atoms with van der Waals surface area (Å²) >= 11 is 0. The molecule has 0 amide bonds. The van der Waals surface area contributed by atoms with E-state index in [-0.39, 0.29) is 5.60 Å². The first-order valence-electron chi connectivity index (χ1n) is 7.67. The van der Waals surface area contributed by atoms with Crippen LogP contribution in [0.4, 0.5) is 0 Å². The highest BCUT2D eigenvalue weighted by Crippen LogP contribution is 2.32. The summed E-state index contributed by atoms with van der Waals surface area (Å²) in [6.45, 7) is 3.90. The van der Waals surface area contributed by atoms with E-state index >= 15 is 0 Å². The fourth-order valence-corrected chi connectivity index (χ4v) is 2.77. The minimum absolute atomic E-state index is 0.0577. The molecule has 102 valence electrons. The molecule has 0 aromatic rings. The van der Waals surface area contributed by atoms with Crippen molar-refractivity contribution in [3.63, 3.8) is 0 Å². The molecule has 0 spiro atoms. The number of rotatable bonds is 10. The Morgan fingerprint density at radius 1 is 0.941 bits per heavy atom. The molecular formula is C15H31NO. The smallest absolute Gasteiger partial charge is 0.0804 e. The predicted molar refractivity (Wildman–Crippen MR) is 74.2 cm³/mol. The lowest BCUT2D eigenvalue weighted by molar-refractivity contribution is -0.0351. The summed E-state index contributed by atoms with van der Waals surface area (Å²) < 4.78 is 6.04. The molecule has 1 fully saturated rings. The Bertz CT molecular complexity index is 176. The first-order valence-corrected chi connectivity index (χ1v) is 7.67. The normalized spacial score (nSPS) is 18.7. The van der Waals surface area contributed by atoms with Gasteiger partial charge >= 0.3 is 0 Å². The number of ether oxygens (including phenoxy) is 1. The van der Waals surface area contributed by atoms with Crippen molar-refractivity contribution >= 4 is 0 Å². The first-order chi connectivity index (χ1) is 8.33. The fourth-order valence-electron chi connectivity index (χ4n) is 2.77. The number of nitrogens with two attached hydrogens (primary N) is 1. The van der Waals surface area contributed by atoms with Gasteiger partial charge in [-0.3, -0.25) is 0 Å².